The lowest BCUT2D eigenvalue weighted by Gasteiger charge is -2.24. The molecule has 2 heterocycles. The minimum atomic E-state index is -0.128. The van der Waals surface area contributed by atoms with Gasteiger partial charge in [0.1, 0.15) is 0 Å². The molecule has 8 nitrogen and oxygen atoms in total. The summed E-state index contributed by atoms with van der Waals surface area (Å²) in [6.45, 7) is 4.17. The summed E-state index contributed by atoms with van der Waals surface area (Å²) in [4.78, 5) is 30.9. The van der Waals surface area contributed by atoms with Gasteiger partial charge in [0, 0.05) is 52.3 Å². The third-order valence-electron chi connectivity index (χ3n) is 5.18. The number of anilines is 1. The summed E-state index contributed by atoms with van der Waals surface area (Å²) >= 11 is 0. The predicted molar refractivity (Wildman–Crippen MR) is 108 cm³/mol. The molecule has 8 heteroatoms. The number of carbonyl (C=O) groups excluding carboxylic acids is 2. The number of hydrogen-bond acceptors (Lipinski definition) is 5. The molecule has 1 aromatic heterocycles. The molecular formula is C20H29N5O3. The van der Waals surface area contributed by atoms with Crippen LogP contribution in [0.5, 0.6) is 0 Å². The molecule has 1 aliphatic heterocycles. The van der Waals surface area contributed by atoms with E-state index in [-0.39, 0.29) is 17.9 Å². The van der Waals surface area contributed by atoms with Gasteiger partial charge >= 0.3 is 0 Å². The fraction of sp³-hybridized carbons (Fsp3) is 0.550. The highest BCUT2D eigenvalue weighted by atomic mass is 16.5. The summed E-state index contributed by atoms with van der Waals surface area (Å²) in [6, 6.07) is 5.52. The van der Waals surface area contributed by atoms with Crippen molar-refractivity contribution in [2.45, 2.75) is 32.2 Å². The third-order valence-corrected chi connectivity index (χ3v) is 5.18. The van der Waals surface area contributed by atoms with Crippen LogP contribution < -0.4 is 10.6 Å². The quantitative estimate of drug-likeness (QED) is 0.738. The Balaban J connectivity index is 1.71. The number of nitrogens with one attached hydrogen (secondary N) is 2. The summed E-state index contributed by atoms with van der Waals surface area (Å²) in [5.41, 5.74) is 2.29. The number of fused-ring (bicyclic) bond motifs is 1. The fourth-order valence-electron chi connectivity index (χ4n) is 3.58. The minimum Gasteiger partial charge on any atom is -0.383 e. The zero-order chi connectivity index (χ0) is 20.1. The molecule has 2 N–H and O–H groups in total. The van der Waals surface area contributed by atoms with Crippen molar-refractivity contribution in [3.63, 3.8) is 0 Å². The van der Waals surface area contributed by atoms with Gasteiger partial charge in [0.05, 0.1) is 17.6 Å². The van der Waals surface area contributed by atoms with Crippen molar-refractivity contribution in [1.82, 2.24) is 19.8 Å². The maximum atomic E-state index is 12.8. The van der Waals surface area contributed by atoms with Gasteiger partial charge in [0.25, 0.3) is 5.91 Å². The van der Waals surface area contributed by atoms with Crippen LogP contribution in [0.3, 0.4) is 0 Å². The highest BCUT2D eigenvalue weighted by molar-refractivity contribution is 5.98. The van der Waals surface area contributed by atoms with Crippen molar-refractivity contribution in [2.24, 2.45) is 7.05 Å². The average molecular weight is 387 g/mol. The van der Waals surface area contributed by atoms with Gasteiger partial charge < -0.3 is 24.8 Å². The van der Waals surface area contributed by atoms with Crippen LogP contribution >= 0.6 is 0 Å². The number of likely N-dealkylation sites (tertiary alicyclic amines) is 1. The second kappa shape index (κ2) is 9.05. The SMILES string of the molecule is COCCNc1nc2cc(C(=O)N[C@H]3CCCCN(C(C)=O)C3)ccc2n1C. The van der Waals surface area contributed by atoms with Gasteiger partial charge in [-0.1, -0.05) is 0 Å². The Labute approximate surface area is 165 Å². The van der Waals surface area contributed by atoms with Crippen LogP contribution in [0.15, 0.2) is 18.2 Å². The van der Waals surface area contributed by atoms with Crippen molar-refractivity contribution >= 4 is 28.8 Å². The highest BCUT2D eigenvalue weighted by Crippen LogP contribution is 2.20. The number of benzene rings is 1. The number of amides is 2. The van der Waals surface area contributed by atoms with E-state index in [9.17, 15) is 9.59 Å². The van der Waals surface area contributed by atoms with Crippen LogP contribution in [0.1, 0.15) is 36.5 Å². The number of methoxy groups -OCH3 is 1. The number of imidazole rings is 1. The normalized spacial score (nSPS) is 17.4. The van der Waals surface area contributed by atoms with Gasteiger partial charge in [-0.05, 0) is 37.5 Å². The van der Waals surface area contributed by atoms with Crippen molar-refractivity contribution < 1.29 is 14.3 Å². The monoisotopic (exact) mass is 387 g/mol. The van der Waals surface area contributed by atoms with Gasteiger partial charge in [-0.15, -0.1) is 0 Å². The highest BCUT2D eigenvalue weighted by Gasteiger charge is 2.22. The van der Waals surface area contributed by atoms with Crippen molar-refractivity contribution in [1.29, 1.82) is 0 Å². The smallest absolute Gasteiger partial charge is 0.251 e. The Kier molecular flexibility index (Phi) is 6.51. The summed E-state index contributed by atoms with van der Waals surface area (Å²) in [7, 11) is 3.59. The molecule has 28 heavy (non-hydrogen) atoms. The lowest BCUT2D eigenvalue weighted by Crippen LogP contribution is -2.44. The largest absolute Gasteiger partial charge is 0.383 e. The van der Waals surface area contributed by atoms with Crippen LogP contribution in [-0.2, 0) is 16.6 Å². The Morgan fingerprint density at radius 2 is 2.14 bits per heavy atom. The molecule has 0 unspecified atom stereocenters. The van der Waals surface area contributed by atoms with E-state index in [1.54, 1.807) is 14.0 Å². The minimum absolute atomic E-state index is 0.0235. The molecule has 0 bridgehead atoms. The number of ether oxygens (including phenoxy) is 1. The van der Waals surface area contributed by atoms with Crippen LogP contribution in [0.4, 0.5) is 5.95 Å². The molecule has 0 aliphatic carbocycles. The number of aromatic nitrogens is 2. The first-order chi connectivity index (χ1) is 13.5. The molecule has 0 radical (unpaired) electrons. The molecule has 2 aromatic rings. The van der Waals surface area contributed by atoms with E-state index in [1.165, 1.54) is 0 Å². The lowest BCUT2D eigenvalue weighted by molar-refractivity contribution is -0.129. The van der Waals surface area contributed by atoms with E-state index in [2.05, 4.69) is 15.6 Å². The summed E-state index contributed by atoms with van der Waals surface area (Å²) in [5, 5.41) is 6.32. The number of rotatable bonds is 6. The van der Waals surface area contributed by atoms with E-state index in [0.29, 0.717) is 25.3 Å². The Bertz CT molecular complexity index is 848. The van der Waals surface area contributed by atoms with Crippen LogP contribution in [0.2, 0.25) is 0 Å². The first-order valence-electron chi connectivity index (χ1n) is 9.75. The Hall–Kier alpha value is -2.61. The third kappa shape index (κ3) is 4.62. The van der Waals surface area contributed by atoms with Crippen molar-refractivity contribution in [3.8, 4) is 0 Å². The molecular weight excluding hydrogens is 358 g/mol. The molecule has 152 valence electrons. The number of carbonyl (C=O) groups is 2. The fourth-order valence-corrected chi connectivity index (χ4v) is 3.58. The molecule has 0 spiro atoms. The zero-order valence-corrected chi connectivity index (χ0v) is 16.8. The Morgan fingerprint density at radius 1 is 1.32 bits per heavy atom. The molecule has 1 saturated heterocycles. The van der Waals surface area contributed by atoms with Gasteiger partial charge in [-0.2, -0.15) is 0 Å². The summed E-state index contributed by atoms with van der Waals surface area (Å²) in [6.07, 6.45) is 2.87. The molecule has 2 amide bonds. The first kappa shape index (κ1) is 20.1. The maximum Gasteiger partial charge on any atom is 0.251 e. The lowest BCUT2D eigenvalue weighted by atomic mass is 10.1. The zero-order valence-electron chi connectivity index (χ0n) is 16.8. The summed E-state index contributed by atoms with van der Waals surface area (Å²) < 4.78 is 7.02. The van der Waals surface area contributed by atoms with E-state index in [1.807, 2.05) is 34.7 Å². The first-order valence-corrected chi connectivity index (χ1v) is 9.75. The van der Waals surface area contributed by atoms with E-state index >= 15 is 0 Å². The average Bonchev–Trinajstić information content (AvgIpc) is 2.83. The summed E-state index contributed by atoms with van der Waals surface area (Å²) in [5.74, 6) is 0.673. The molecule has 1 fully saturated rings. The second-order valence-corrected chi connectivity index (χ2v) is 7.25. The van der Waals surface area contributed by atoms with Crippen LogP contribution in [0.25, 0.3) is 11.0 Å². The van der Waals surface area contributed by atoms with Crippen LogP contribution in [0, 0.1) is 0 Å². The van der Waals surface area contributed by atoms with E-state index in [4.69, 9.17) is 4.74 Å². The molecule has 1 aromatic carbocycles. The van der Waals surface area contributed by atoms with Gasteiger partial charge in [-0.3, -0.25) is 9.59 Å². The van der Waals surface area contributed by atoms with Crippen LogP contribution in [-0.4, -0.2) is 65.7 Å². The molecule has 1 atom stereocenters. The van der Waals surface area contributed by atoms with E-state index in [0.717, 1.165) is 42.8 Å². The topological polar surface area (TPSA) is 88.5 Å². The van der Waals surface area contributed by atoms with Gasteiger partial charge in [0.15, 0.2) is 0 Å². The van der Waals surface area contributed by atoms with Crippen molar-refractivity contribution in [3.05, 3.63) is 23.8 Å². The number of hydrogen-bond donors (Lipinski definition) is 2. The van der Waals surface area contributed by atoms with Gasteiger partial charge in [-0.25, -0.2) is 4.98 Å². The number of nitrogens with zero attached hydrogens (tertiary/aromatic N) is 3. The van der Waals surface area contributed by atoms with Crippen molar-refractivity contribution in [2.75, 3.05) is 38.7 Å². The second-order valence-electron chi connectivity index (χ2n) is 7.25. The molecule has 0 saturated carbocycles. The molecule has 1 aliphatic rings. The Morgan fingerprint density at radius 3 is 2.89 bits per heavy atom. The van der Waals surface area contributed by atoms with Gasteiger partial charge in [0.2, 0.25) is 11.9 Å². The standard InChI is InChI=1S/C20H29N5O3/c1-14(26)25-10-5-4-6-16(13-25)22-19(27)15-7-8-18-17(12-15)23-20(24(18)2)21-9-11-28-3/h7-8,12,16H,4-6,9-11,13H2,1-3H3,(H,21,23)(H,22,27)/t16-/m0/s1. The van der Waals surface area contributed by atoms with E-state index < -0.39 is 0 Å². The maximum absolute atomic E-state index is 12.8. The predicted octanol–water partition coefficient (Wildman–Crippen LogP) is 1.76. The molecule has 3 rings (SSSR count). The number of aryl methyl sites for hydroxylation is 1.